The molecule has 1 fully saturated rings. The summed E-state index contributed by atoms with van der Waals surface area (Å²) in [5.74, 6) is 0.271. The predicted octanol–water partition coefficient (Wildman–Crippen LogP) is 0.755. The SMILES string of the molecule is CC(CN1CCC(C)(O)CC1)C(N)=S. The molecule has 1 heterocycles. The number of aliphatic hydroxyl groups is 1. The molecule has 1 atom stereocenters. The molecule has 0 bridgehead atoms. The lowest BCUT2D eigenvalue weighted by atomic mass is 9.93. The van der Waals surface area contributed by atoms with Crippen molar-refractivity contribution in [3.8, 4) is 0 Å². The summed E-state index contributed by atoms with van der Waals surface area (Å²) in [7, 11) is 0. The zero-order valence-corrected chi connectivity index (χ0v) is 9.81. The molecule has 1 rings (SSSR count). The molecule has 1 saturated heterocycles. The van der Waals surface area contributed by atoms with Crippen molar-refractivity contribution in [3.05, 3.63) is 0 Å². The topological polar surface area (TPSA) is 49.5 Å². The molecule has 4 heteroatoms. The zero-order chi connectivity index (χ0) is 10.8. The van der Waals surface area contributed by atoms with Crippen LogP contribution >= 0.6 is 12.2 Å². The number of nitrogens with two attached hydrogens (primary N) is 1. The van der Waals surface area contributed by atoms with Crippen LogP contribution in [0.2, 0.25) is 0 Å². The van der Waals surface area contributed by atoms with E-state index in [-0.39, 0.29) is 5.92 Å². The van der Waals surface area contributed by atoms with Crippen LogP contribution in [0.1, 0.15) is 26.7 Å². The van der Waals surface area contributed by atoms with E-state index >= 15 is 0 Å². The summed E-state index contributed by atoms with van der Waals surface area (Å²) in [5.41, 5.74) is 5.09. The Kier molecular flexibility index (Phi) is 3.86. The number of piperidine rings is 1. The molecule has 0 aromatic carbocycles. The Morgan fingerprint density at radius 2 is 2.07 bits per heavy atom. The fraction of sp³-hybridized carbons (Fsp3) is 0.900. The van der Waals surface area contributed by atoms with Crippen LogP contribution in [0, 0.1) is 5.92 Å². The Hall–Kier alpha value is -0.190. The van der Waals surface area contributed by atoms with Gasteiger partial charge < -0.3 is 15.7 Å². The van der Waals surface area contributed by atoms with Crippen LogP contribution in [0.25, 0.3) is 0 Å². The van der Waals surface area contributed by atoms with Gasteiger partial charge in [-0.2, -0.15) is 0 Å². The van der Waals surface area contributed by atoms with Crippen LogP contribution in [0.5, 0.6) is 0 Å². The second-order valence-corrected chi connectivity index (χ2v) is 5.07. The lowest BCUT2D eigenvalue weighted by Gasteiger charge is -2.36. The van der Waals surface area contributed by atoms with Crippen LogP contribution in [-0.2, 0) is 0 Å². The Morgan fingerprint density at radius 1 is 1.57 bits per heavy atom. The van der Waals surface area contributed by atoms with Gasteiger partial charge in [0, 0.05) is 25.6 Å². The fourth-order valence-corrected chi connectivity index (χ4v) is 1.77. The molecule has 82 valence electrons. The number of nitrogens with zero attached hydrogens (tertiary/aromatic N) is 1. The summed E-state index contributed by atoms with van der Waals surface area (Å²) in [5, 5.41) is 9.76. The highest BCUT2D eigenvalue weighted by Crippen LogP contribution is 2.21. The summed E-state index contributed by atoms with van der Waals surface area (Å²) >= 11 is 4.93. The van der Waals surface area contributed by atoms with E-state index in [1.54, 1.807) is 0 Å². The minimum Gasteiger partial charge on any atom is -0.393 e. The van der Waals surface area contributed by atoms with E-state index in [4.69, 9.17) is 18.0 Å². The van der Waals surface area contributed by atoms with Gasteiger partial charge >= 0.3 is 0 Å². The lowest BCUT2D eigenvalue weighted by molar-refractivity contribution is -0.00651. The maximum Gasteiger partial charge on any atom is 0.0768 e. The van der Waals surface area contributed by atoms with Crippen molar-refractivity contribution in [3.63, 3.8) is 0 Å². The average Bonchev–Trinajstić information content (AvgIpc) is 2.08. The standard InChI is InChI=1S/C10H20N2OS/c1-8(9(11)14)7-12-5-3-10(2,13)4-6-12/h8,13H,3-7H2,1-2H3,(H2,11,14). The van der Waals surface area contributed by atoms with Gasteiger partial charge in [-0.3, -0.25) is 0 Å². The molecule has 0 amide bonds. The van der Waals surface area contributed by atoms with Crippen LogP contribution < -0.4 is 5.73 Å². The van der Waals surface area contributed by atoms with Gasteiger partial charge in [0.2, 0.25) is 0 Å². The summed E-state index contributed by atoms with van der Waals surface area (Å²) in [6.45, 7) is 6.77. The summed E-state index contributed by atoms with van der Waals surface area (Å²) in [6.07, 6.45) is 1.69. The van der Waals surface area contributed by atoms with Crippen molar-refractivity contribution in [2.24, 2.45) is 11.7 Å². The van der Waals surface area contributed by atoms with Crippen molar-refractivity contribution in [2.75, 3.05) is 19.6 Å². The van der Waals surface area contributed by atoms with E-state index < -0.39 is 5.60 Å². The minimum atomic E-state index is -0.469. The Labute approximate surface area is 91.3 Å². The number of thiocarbonyl (C=S) groups is 1. The fourth-order valence-electron chi connectivity index (χ4n) is 1.69. The van der Waals surface area contributed by atoms with Gasteiger partial charge in [0.15, 0.2) is 0 Å². The van der Waals surface area contributed by atoms with Gasteiger partial charge in [-0.1, -0.05) is 19.1 Å². The third-order valence-electron chi connectivity index (χ3n) is 2.95. The average molecular weight is 216 g/mol. The van der Waals surface area contributed by atoms with Crippen LogP contribution in [-0.4, -0.2) is 40.2 Å². The monoisotopic (exact) mass is 216 g/mol. The molecular formula is C10H20N2OS. The molecule has 14 heavy (non-hydrogen) atoms. The van der Waals surface area contributed by atoms with Gasteiger partial charge in [-0.25, -0.2) is 0 Å². The first-order chi connectivity index (χ1) is 6.41. The van der Waals surface area contributed by atoms with E-state index in [1.165, 1.54) is 0 Å². The number of likely N-dealkylation sites (tertiary alicyclic amines) is 1. The third kappa shape index (κ3) is 3.52. The van der Waals surface area contributed by atoms with E-state index in [0.717, 1.165) is 32.5 Å². The molecule has 1 aliphatic heterocycles. The highest BCUT2D eigenvalue weighted by Gasteiger charge is 2.27. The normalized spacial score (nSPS) is 24.5. The molecule has 0 aliphatic carbocycles. The second-order valence-electron chi connectivity index (χ2n) is 4.60. The van der Waals surface area contributed by atoms with Crippen LogP contribution in [0.3, 0.4) is 0 Å². The maximum absolute atomic E-state index is 9.76. The Bertz CT molecular complexity index is 208. The van der Waals surface area contributed by atoms with Gasteiger partial charge in [0.25, 0.3) is 0 Å². The molecule has 1 aliphatic rings. The van der Waals surface area contributed by atoms with Gasteiger partial charge in [0.05, 0.1) is 10.6 Å². The summed E-state index contributed by atoms with van der Waals surface area (Å²) in [6, 6.07) is 0. The van der Waals surface area contributed by atoms with Gasteiger partial charge in [-0.05, 0) is 19.8 Å². The highest BCUT2D eigenvalue weighted by atomic mass is 32.1. The molecule has 3 N–H and O–H groups in total. The Morgan fingerprint density at radius 3 is 2.50 bits per heavy atom. The smallest absolute Gasteiger partial charge is 0.0768 e. The van der Waals surface area contributed by atoms with Crippen molar-refractivity contribution < 1.29 is 5.11 Å². The van der Waals surface area contributed by atoms with Crippen molar-refractivity contribution >= 4 is 17.2 Å². The van der Waals surface area contributed by atoms with E-state index in [1.807, 2.05) is 6.92 Å². The van der Waals surface area contributed by atoms with Crippen LogP contribution in [0.4, 0.5) is 0 Å². The van der Waals surface area contributed by atoms with Crippen LogP contribution in [0.15, 0.2) is 0 Å². The maximum atomic E-state index is 9.76. The van der Waals surface area contributed by atoms with Crippen molar-refractivity contribution in [2.45, 2.75) is 32.3 Å². The molecule has 0 aromatic heterocycles. The highest BCUT2D eigenvalue weighted by molar-refractivity contribution is 7.80. The first kappa shape index (κ1) is 11.9. The van der Waals surface area contributed by atoms with Gasteiger partial charge in [0.1, 0.15) is 0 Å². The van der Waals surface area contributed by atoms with E-state index in [0.29, 0.717) is 4.99 Å². The molecule has 0 radical (unpaired) electrons. The number of rotatable bonds is 3. The molecule has 1 unspecified atom stereocenters. The number of hydrogen-bond donors (Lipinski definition) is 2. The number of hydrogen-bond acceptors (Lipinski definition) is 3. The second kappa shape index (κ2) is 4.55. The molecule has 0 saturated carbocycles. The first-order valence-electron chi connectivity index (χ1n) is 5.15. The van der Waals surface area contributed by atoms with Crippen molar-refractivity contribution in [1.82, 2.24) is 4.90 Å². The minimum absolute atomic E-state index is 0.271. The molecule has 0 spiro atoms. The largest absolute Gasteiger partial charge is 0.393 e. The van der Waals surface area contributed by atoms with Crippen molar-refractivity contribution in [1.29, 1.82) is 0 Å². The summed E-state index contributed by atoms with van der Waals surface area (Å²) in [4.78, 5) is 2.91. The third-order valence-corrected chi connectivity index (χ3v) is 3.35. The van der Waals surface area contributed by atoms with E-state index in [9.17, 15) is 5.11 Å². The molecule has 0 aromatic rings. The van der Waals surface area contributed by atoms with Gasteiger partial charge in [-0.15, -0.1) is 0 Å². The Balaban J connectivity index is 2.32. The first-order valence-corrected chi connectivity index (χ1v) is 5.55. The lowest BCUT2D eigenvalue weighted by Crippen LogP contribution is -2.45. The molecular weight excluding hydrogens is 196 g/mol. The molecule has 3 nitrogen and oxygen atoms in total. The summed E-state index contributed by atoms with van der Waals surface area (Å²) < 4.78 is 0. The zero-order valence-electron chi connectivity index (χ0n) is 8.99. The van der Waals surface area contributed by atoms with E-state index in [2.05, 4.69) is 11.8 Å². The predicted molar refractivity (Wildman–Crippen MR) is 62.2 cm³/mol. The quantitative estimate of drug-likeness (QED) is 0.684.